The van der Waals surface area contributed by atoms with Crippen LogP contribution < -0.4 is 15.8 Å². The van der Waals surface area contributed by atoms with Gasteiger partial charge in [0.25, 0.3) is 5.91 Å². The second-order valence-corrected chi connectivity index (χ2v) is 11.6. The monoisotopic (exact) mass is 528 g/mol. The number of carbonyl (C=O) groups is 3. The maximum atomic E-state index is 12.7. The molecule has 0 atom stereocenters. The fourth-order valence-corrected chi connectivity index (χ4v) is 4.71. The van der Waals surface area contributed by atoms with E-state index in [4.69, 9.17) is 4.74 Å². The number of aromatic nitrogens is 2. The number of aryl methyl sites for hydroxylation is 1. The number of carbonyl (C=O) groups excluding carboxylic acids is 3. The van der Waals surface area contributed by atoms with E-state index in [-0.39, 0.29) is 25.3 Å². The first-order valence-electron chi connectivity index (χ1n) is 12.8. The van der Waals surface area contributed by atoms with Crippen molar-refractivity contribution in [3.8, 4) is 0 Å². The molecule has 2 N–H and O–H groups in total. The van der Waals surface area contributed by atoms with Gasteiger partial charge >= 0.3 is 6.09 Å². The zero-order valence-electron chi connectivity index (χ0n) is 22.0. The SMILES string of the molecule is Cc1ccc(COC(=O)N(CCC(=O)NNC(=O)c2csc(N(CC3CC3)C3CC3)n2)C(C)(C)C)cn1. The molecule has 2 aliphatic carbocycles. The van der Waals surface area contributed by atoms with Crippen molar-refractivity contribution in [3.63, 3.8) is 0 Å². The summed E-state index contributed by atoms with van der Waals surface area (Å²) < 4.78 is 5.45. The zero-order valence-corrected chi connectivity index (χ0v) is 22.8. The van der Waals surface area contributed by atoms with Gasteiger partial charge in [-0.25, -0.2) is 9.78 Å². The molecule has 0 spiro atoms. The number of amides is 3. The highest BCUT2D eigenvalue weighted by Gasteiger charge is 2.35. The number of hydrogen-bond donors (Lipinski definition) is 2. The molecule has 2 aromatic heterocycles. The van der Waals surface area contributed by atoms with E-state index in [9.17, 15) is 14.4 Å². The van der Waals surface area contributed by atoms with Crippen LogP contribution in [-0.2, 0) is 16.1 Å². The van der Waals surface area contributed by atoms with Crippen molar-refractivity contribution in [3.05, 3.63) is 40.7 Å². The Bertz CT molecular complexity index is 1110. The van der Waals surface area contributed by atoms with E-state index < -0.39 is 23.4 Å². The van der Waals surface area contributed by atoms with E-state index in [0.29, 0.717) is 6.04 Å². The normalized spacial score (nSPS) is 15.1. The lowest BCUT2D eigenvalue weighted by molar-refractivity contribution is -0.122. The van der Waals surface area contributed by atoms with Gasteiger partial charge < -0.3 is 14.5 Å². The van der Waals surface area contributed by atoms with Crippen molar-refractivity contribution >= 4 is 34.4 Å². The highest BCUT2D eigenvalue weighted by Crippen LogP contribution is 2.38. The summed E-state index contributed by atoms with van der Waals surface area (Å²) in [4.78, 5) is 50.3. The summed E-state index contributed by atoms with van der Waals surface area (Å²) in [5.41, 5.74) is 6.26. The van der Waals surface area contributed by atoms with Gasteiger partial charge in [0, 0.05) is 53.9 Å². The minimum atomic E-state index is -0.558. The predicted molar refractivity (Wildman–Crippen MR) is 141 cm³/mol. The Labute approximate surface area is 221 Å². The number of hydrogen-bond acceptors (Lipinski definition) is 8. The molecule has 2 aromatic rings. The molecule has 37 heavy (non-hydrogen) atoms. The predicted octanol–water partition coefficient (Wildman–Crippen LogP) is 3.81. The van der Waals surface area contributed by atoms with E-state index in [1.54, 1.807) is 11.6 Å². The fourth-order valence-electron chi connectivity index (χ4n) is 3.82. The summed E-state index contributed by atoms with van der Waals surface area (Å²) in [5.74, 6) is -0.135. The van der Waals surface area contributed by atoms with Crippen LogP contribution in [0, 0.1) is 12.8 Å². The molecule has 2 saturated carbocycles. The first kappa shape index (κ1) is 26.8. The van der Waals surface area contributed by atoms with Gasteiger partial charge in [0.2, 0.25) is 5.91 Å². The van der Waals surface area contributed by atoms with Crippen LogP contribution in [0.25, 0.3) is 0 Å². The second-order valence-electron chi connectivity index (χ2n) is 10.8. The lowest BCUT2D eigenvalue weighted by Gasteiger charge is -2.34. The van der Waals surface area contributed by atoms with Gasteiger partial charge in [-0.05, 0) is 65.4 Å². The number of nitrogens with zero attached hydrogens (tertiary/aromatic N) is 4. The van der Waals surface area contributed by atoms with Crippen molar-refractivity contribution in [2.45, 2.75) is 78.0 Å². The largest absolute Gasteiger partial charge is 0.444 e. The lowest BCUT2D eigenvalue weighted by atomic mass is 10.1. The minimum absolute atomic E-state index is 0.00208. The van der Waals surface area contributed by atoms with Crippen LogP contribution in [0.3, 0.4) is 0 Å². The van der Waals surface area contributed by atoms with Gasteiger partial charge in [-0.3, -0.25) is 25.4 Å². The average molecular weight is 529 g/mol. The van der Waals surface area contributed by atoms with Gasteiger partial charge in [0.1, 0.15) is 12.3 Å². The molecule has 0 radical (unpaired) electrons. The number of nitrogens with one attached hydrogen (secondary N) is 2. The molecule has 2 fully saturated rings. The van der Waals surface area contributed by atoms with E-state index in [1.165, 1.54) is 41.9 Å². The van der Waals surface area contributed by atoms with Crippen molar-refractivity contribution in [2.24, 2.45) is 5.92 Å². The summed E-state index contributed by atoms with van der Waals surface area (Å²) in [6.45, 7) is 8.73. The number of anilines is 1. The van der Waals surface area contributed by atoms with E-state index >= 15 is 0 Å². The Kier molecular flexibility index (Phi) is 8.31. The minimum Gasteiger partial charge on any atom is -0.444 e. The number of pyridine rings is 1. The third-order valence-electron chi connectivity index (χ3n) is 6.35. The van der Waals surface area contributed by atoms with Gasteiger partial charge in [-0.15, -0.1) is 11.3 Å². The maximum absolute atomic E-state index is 12.7. The van der Waals surface area contributed by atoms with Crippen LogP contribution in [0.2, 0.25) is 0 Å². The average Bonchev–Trinajstić information content (AvgIpc) is 3.78. The summed E-state index contributed by atoms with van der Waals surface area (Å²) in [6, 6.07) is 4.25. The molecular weight excluding hydrogens is 492 g/mol. The highest BCUT2D eigenvalue weighted by molar-refractivity contribution is 7.14. The van der Waals surface area contributed by atoms with Gasteiger partial charge in [0.05, 0.1) is 0 Å². The quantitative estimate of drug-likeness (QED) is 0.450. The van der Waals surface area contributed by atoms with Gasteiger partial charge in [-0.1, -0.05) is 6.07 Å². The summed E-state index contributed by atoms with van der Waals surface area (Å²) in [6.07, 6.45) is 6.02. The summed E-state index contributed by atoms with van der Waals surface area (Å²) in [7, 11) is 0. The van der Waals surface area contributed by atoms with Crippen molar-refractivity contribution < 1.29 is 19.1 Å². The molecule has 0 bridgehead atoms. The third-order valence-corrected chi connectivity index (χ3v) is 7.23. The molecule has 10 nitrogen and oxygen atoms in total. The van der Waals surface area contributed by atoms with Crippen molar-refractivity contribution in [1.29, 1.82) is 0 Å². The van der Waals surface area contributed by atoms with Gasteiger partial charge in [0.15, 0.2) is 5.13 Å². The zero-order chi connectivity index (χ0) is 26.6. The van der Waals surface area contributed by atoms with Crippen LogP contribution in [0.15, 0.2) is 23.7 Å². The summed E-state index contributed by atoms with van der Waals surface area (Å²) in [5, 5.41) is 2.59. The molecule has 0 aromatic carbocycles. The first-order chi connectivity index (χ1) is 17.6. The molecule has 2 aliphatic rings. The maximum Gasteiger partial charge on any atom is 0.410 e. The summed E-state index contributed by atoms with van der Waals surface area (Å²) >= 11 is 1.46. The van der Waals surface area contributed by atoms with E-state index in [0.717, 1.165) is 28.9 Å². The Morgan fingerprint density at radius 1 is 1.14 bits per heavy atom. The molecule has 3 amide bonds. The van der Waals surface area contributed by atoms with Crippen LogP contribution in [0.4, 0.5) is 9.93 Å². The van der Waals surface area contributed by atoms with Crippen LogP contribution in [-0.4, -0.2) is 57.4 Å². The van der Waals surface area contributed by atoms with Crippen LogP contribution in [0.1, 0.15) is 74.6 Å². The molecule has 0 unspecified atom stereocenters. The molecule has 200 valence electrons. The number of hydrazine groups is 1. The van der Waals surface area contributed by atoms with Crippen LogP contribution >= 0.6 is 11.3 Å². The van der Waals surface area contributed by atoms with Crippen molar-refractivity contribution in [1.82, 2.24) is 25.7 Å². The second kappa shape index (κ2) is 11.5. The number of rotatable bonds is 10. The Morgan fingerprint density at radius 3 is 2.51 bits per heavy atom. The molecule has 11 heteroatoms. The van der Waals surface area contributed by atoms with Crippen LogP contribution in [0.5, 0.6) is 0 Å². The lowest BCUT2D eigenvalue weighted by Crippen LogP contribution is -2.48. The smallest absolute Gasteiger partial charge is 0.410 e. The Morgan fingerprint density at radius 2 is 1.89 bits per heavy atom. The fraction of sp³-hybridized carbons (Fsp3) is 0.577. The Hall–Kier alpha value is -3.21. The highest BCUT2D eigenvalue weighted by atomic mass is 32.1. The molecule has 0 saturated heterocycles. The van der Waals surface area contributed by atoms with Gasteiger partial charge in [-0.2, -0.15) is 0 Å². The standard InChI is InChI=1S/C26H36N6O4S/c1-17-5-6-19(13-27-17)15-36-25(35)32(26(2,3)4)12-11-22(33)29-30-23(34)21-16-37-24(28-21)31(20-9-10-20)14-18-7-8-18/h5-6,13,16,18,20H,7-12,14-15H2,1-4H3,(H,29,33)(H,30,34). The molecular formula is C26H36N6O4S. The number of thiazole rings is 1. The van der Waals surface area contributed by atoms with E-state index in [1.807, 2.05) is 39.8 Å². The number of ether oxygens (including phenoxy) is 1. The third kappa shape index (κ3) is 7.88. The van der Waals surface area contributed by atoms with Crippen molar-refractivity contribution in [2.75, 3.05) is 18.0 Å². The van der Waals surface area contributed by atoms with E-state index in [2.05, 4.69) is 25.7 Å². The topological polar surface area (TPSA) is 117 Å². The first-order valence-corrected chi connectivity index (χ1v) is 13.7. The molecule has 2 heterocycles. The molecule has 0 aliphatic heterocycles. The Balaban J connectivity index is 1.23. The molecule has 4 rings (SSSR count).